The summed E-state index contributed by atoms with van der Waals surface area (Å²) >= 11 is 0. The number of aromatic nitrogens is 5. The number of nitrogens with zero attached hydrogens (tertiary/aromatic N) is 5. The molecule has 1 aliphatic heterocycles. The molecule has 0 unspecified atom stereocenters. The maximum absolute atomic E-state index is 6.04. The second-order valence-electron chi connectivity index (χ2n) is 5.74. The average molecular weight is 322 g/mol. The Bertz CT molecular complexity index is 930. The van der Waals surface area contributed by atoms with E-state index >= 15 is 0 Å². The molecule has 7 nitrogen and oxygen atoms in total. The van der Waals surface area contributed by atoms with Gasteiger partial charge in [-0.3, -0.25) is 4.98 Å². The Morgan fingerprint density at radius 1 is 1.25 bits per heavy atom. The number of pyridine rings is 1. The van der Waals surface area contributed by atoms with Gasteiger partial charge in [-0.15, -0.1) is 0 Å². The van der Waals surface area contributed by atoms with Crippen LogP contribution in [0.15, 0.2) is 24.4 Å². The van der Waals surface area contributed by atoms with Crippen LogP contribution in [0.4, 0.5) is 5.82 Å². The Hall–Kier alpha value is -2.96. The normalized spacial score (nSPS) is 15.9. The Balaban J connectivity index is 1.91. The fourth-order valence-corrected chi connectivity index (χ4v) is 2.82. The van der Waals surface area contributed by atoms with Crippen LogP contribution < -0.4 is 10.5 Å². The second kappa shape index (κ2) is 5.92. The zero-order chi connectivity index (χ0) is 16.5. The number of hydrogen-bond acceptors (Lipinski definition) is 6. The average Bonchev–Trinajstić information content (AvgIpc) is 2.89. The van der Waals surface area contributed by atoms with Gasteiger partial charge in [0.25, 0.3) is 0 Å². The van der Waals surface area contributed by atoms with E-state index in [1.807, 2.05) is 17.6 Å². The highest BCUT2D eigenvalue weighted by molar-refractivity contribution is 5.82. The Morgan fingerprint density at radius 2 is 2.17 bits per heavy atom. The predicted octanol–water partition coefficient (Wildman–Crippen LogP) is 2.35. The molecule has 0 saturated heterocycles. The number of aryl methyl sites for hydroxylation is 1. The summed E-state index contributed by atoms with van der Waals surface area (Å²) in [6, 6.07) is 4.31. The quantitative estimate of drug-likeness (QED) is 0.683. The molecule has 24 heavy (non-hydrogen) atoms. The van der Waals surface area contributed by atoms with Crippen molar-refractivity contribution >= 4 is 23.1 Å². The van der Waals surface area contributed by atoms with E-state index in [-0.39, 0.29) is 0 Å². The van der Waals surface area contributed by atoms with Crippen molar-refractivity contribution in [1.82, 2.24) is 24.5 Å². The molecule has 0 atom stereocenters. The predicted molar refractivity (Wildman–Crippen MR) is 91.6 cm³/mol. The summed E-state index contributed by atoms with van der Waals surface area (Å²) in [5, 5.41) is 0. The van der Waals surface area contributed by atoms with Crippen molar-refractivity contribution in [2.24, 2.45) is 0 Å². The van der Waals surface area contributed by atoms with Gasteiger partial charge in [-0.2, -0.15) is 9.97 Å². The number of imidazole rings is 1. The number of anilines is 1. The molecule has 122 valence electrons. The van der Waals surface area contributed by atoms with Crippen LogP contribution in [-0.2, 0) is 6.54 Å². The van der Waals surface area contributed by atoms with Crippen LogP contribution in [0.5, 0.6) is 6.01 Å². The van der Waals surface area contributed by atoms with Gasteiger partial charge in [0, 0.05) is 6.20 Å². The SMILES string of the molecule is Cc1nc2c(N)nc3nc2n1Cc1ncccc1/C=C\CCCO3. The maximum Gasteiger partial charge on any atom is 0.320 e. The summed E-state index contributed by atoms with van der Waals surface area (Å²) in [5.74, 6) is 1.16. The van der Waals surface area contributed by atoms with Gasteiger partial charge in [-0.25, -0.2) is 4.98 Å². The van der Waals surface area contributed by atoms with Crippen molar-refractivity contribution in [3.05, 3.63) is 41.5 Å². The van der Waals surface area contributed by atoms with E-state index in [2.05, 4.69) is 38.2 Å². The van der Waals surface area contributed by atoms with E-state index in [0.29, 0.717) is 36.1 Å². The summed E-state index contributed by atoms with van der Waals surface area (Å²) in [7, 11) is 0. The van der Waals surface area contributed by atoms with Crippen LogP contribution in [0.1, 0.15) is 29.9 Å². The molecule has 3 aromatic rings. The van der Waals surface area contributed by atoms with E-state index in [9.17, 15) is 0 Å². The minimum absolute atomic E-state index is 0.297. The van der Waals surface area contributed by atoms with Gasteiger partial charge in [0.05, 0.1) is 18.8 Å². The maximum atomic E-state index is 6.04. The summed E-state index contributed by atoms with van der Waals surface area (Å²) in [6.07, 6.45) is 7.85. The molecule has 0 fully saturated rings. The fraction of sp³-hybridized carbons (Fsp3) is 0.294. The Morgan fingerprint density at radius 3 is 3.08 bits per heavy atom. The van der Waals surface area contributed by atoms with Crippen LogP contribution in [0.3, 0.4) is 0 Å². The molecular formula is C17H18N6O. The van der Waals surface area contributed by atoms with Crippen molar-refractivity contribution in [2.45, 2.75) is 26.3 Å². The van der Waals surface area contributed by atoms with Crippen molar-refractivity contribution in [3.8, 4) is 6.01 Å². The number of allylic oxidation sites excluding steroid dienone is 1. The highest BCUT2D eigenvalue weighted by atomic mass is 16.5. The largest absolute Gasteiger partial charge is 0.463 e. The lowest BCUT2D eigenvalue weighted by atomic mass is 10.1. The highest BCUT2D eigenvalue weighted by Gasteiger charge is 2.16. The minimum Gasteiger partial charge on any atom is -0.463 e. The van der Waals surface area contributed by atoms with Gasteiger partial charge < -0.3 is 15.0 Å². The molecule has 1 aliphatic rings. The van der Waals surface area contributed by atoms with Gasteiger partial charge in [0.2, 0.25) is 0 Å². The van der Waals surface area contributed by atoms with Gasteiger partial charge in [0.15, 0.2) is 17.0 Å². The number of nitrogen functional groups attached to an aromatic ring is 1. The first kappa shape index (κ1) is 14.6. The third kappa shape index (κ3) is 2.58. The monoisotopic (exact) mass is 322 g/mol. The lowest BCUT2D eigenvalue weighted by Gasteiger charge is -2.09. The molecule has 2 bridgehead atoms. The molecule has 0 amide bonds. The second-order valence-corrected chi connectivity index (χ2v) is 5.74. The van der Waals surface area contributed by atoms with Crippen LogP contribution in [0, 0.1) is 6.92 Å². The van der Waals surface area contributed by atoms with Crippen LogP contribution in [0.25, 0.3) is 17.2 Å². The molecule has 0 aromatic carbocycles. The van der Waals surface area contributed by atoms with E-state index < -0.39 is 0 Å². The zero-order valence-electron chi connectivity index (χ0n) is 13.4. The fourth-order valence-electron chi connectivity index (χ4n) is 2.82. The van der Waals surface area contributed by atoms with Crippen molar-refractivity contribution in [3.63, 3.8) is 0 Å². The van der Waals surface area contributed by atoms with Crippen molar-refractivity contribution in [1.29, 1.82) is 0 Å². The molecule has 4 rings (SSSR count). The zero-order valence-corrected chi connectivity index (χ0v) is 13.4. The van der Waals surface area contributed by atoms with Crippen LogP contribution in [-0.4, -0.2) is 31.1 Å². The lowest BCUT2D eigenvalue weighted by molar-refractivity contribution is 0.289. The molecule has 7 heteroatoms. The van der Waals surface area contributed by atoms with E-state index in [4.69, 9.17) is 10.5 Å². The van der Waals surface area contributed by atoms with E-state index in [1.54, 1.807) is 6.20 Å². The van der Waals surface area contributed by atoms with Crippen LogP contribution >= 0.6 is 0 Å². The number of rotatable bonds is 0. The Labute approximate surface area is 139 Å². The number of ether oxygens (including phenoxy) is 1. The number of nitrogens with two attached hydrogens (primary N) is 1. The topological polar surface area (TPSA) is 91.7 Å². The molecule has 0 saturated carbocycles. The standard InChI is InChI=1S/C17H18N6O/c1-11-20-14-15(18)21-17-22-16(14)23(11)10-13-12(7-5-8-19-13)6-3-2-4-9-24-17/h3,5-8H,2,4,9-10H2,1H3,(H2,18,21,22)/b6-3-. The first-order chi connectivity index (χ1) is 11.7. The van der Waals surface area contributed by atoms with Gasteiger partial charge in [0.1, 0.15) is 5.82 Å². The Kier molecular flexibility index (Phi) is 3.60. The van der Waals surface area contributed by atoms with Gasteiger partial charge in [-0.1, -0.05) is 18.2 Å². The van der Waals surface area contributed by atoms with E-state index in [1.165, 1.54) is 0 Å². The third-order valence-corrected chi connectivity index (χ3v) is 4.07. The van der Waals surface area contributed by atoms with Crippen molar-refractivity contribution < 1.29 is 4.74 Å². The number of hydrogen-bond donors (Lipinski definition) is 1. The molecular weight excluding hydrogens is 304 g/mol. The van der Waals surface area contributed by atoms with Gasteiger partial charge in [-0.05, 0) is 31.4 Å². The smallest absolute Gasteiger partial charge is 0.320 e. The molecule has 0 radical (unpaired) electrons. The summed E-state index contributed by atoms with van der Waals surface area (Å²) in [5.41, 5.74) is 9.39. The van der Waals surface area contributed by atoms with Gasteiger partial charge >= 0.3 is 6.01 Å². The molecule has 2 N–H and O–H groups in total. The minimum atomic E-state index is 0.297. The molecule has 3 aromatic heterocycles. The number of fused-ring (bicyclic) bond motifs is 2. The first-order valence-electron chi connectivity index (χ1n) is 7.96. The summed E-state index contributed by atoms with van der Waals surface area (Å²) in [6.45, 7) is 3.04. The van der Waals surface area contributed by atoms with Crippen molar-refractivity contribution in [2.75, 3.05) is 12.3 Å². The van der Waals surface area contributed by atoms with Crippen LogP contribution in [0.2, 0.25) is 0 Å². The molecule has 0 spiro atoms. The lowest BCUT2D eigenvalue weighted by Crippen LogP contribution is -2.08. The third-order valence-electron chi connectivity index (χ3n) is 4.07. The highest BCUT2D eigenvalue weighted by Crippen LogP contribution is 2.23. The first-order valence-corrected chi connectivity index (χ1v) is 7.96. The molecule has 0 aliphatic carbocycles. The summed E-state index contributed by atoms with van der Waals surface area (Å²) < 4.78 is 7.65. The molecule has 4 heterocycles. The summed E-state index contributed by atoms with van der Waals surface area (Å²) in [4.78, 5) is 17.8. The van der Waals surface area contributed by atoms with E-state index in [0.717, 1.165) is 29.9 Å².